The summed E-state index contributed by atoms with van der Waals surface area (Å²) in [5, 5.41) is 2.95. The van der Waals surface area contributed by atoms with Crippen molar-refractivity contribution in [1.82, 2.24) is 9.88 Å². The molecule has 0 N–H and O–H groups in total. The molecule has 2 aromatic carbocycles. The lowest BCUT2D eigenvalue weighted by atomic mass is 10.1. The molecule has 0 spiro atoms. The Kier molecular flexibility index (Phi) is 6.45. The lowest BCUT2D eigenvalue weighted by molar-refractivity contribution is -0.129. The van der Waals surface area contributed by atoms with E-state index in [-0.39, 0.29) is 5.91 Å². The zero-order chi connectivity index (χ0) is 20.9. The number of morpholine rings is 1. The van der Waals surface area contributed by atoms with Gasteiger partial charge in [-0.15, -0.1) is 11.3 Å². The quantitative estimate of drug-likeness (QED) is 0.600. The number of likely N-dealkylation sites (N-methyl/N-ethyl adjacent to an activating group) is 1. The number of thiazole rings is 1. The third kappa shape index (κ3) is 5.07. The van der Waals surface area contributed by atoms with Gasteiger partial charge in [0.25, 0.3) is 0 Å². The third-order valence-electron chi connectivity index (χ3n) is 5.31. The first-order valence-corrected chi connectivity index (χ1v) is 11.1. The van der Waals surface area contributed by atoms with Crippen LogP contribution in [0.1, 0.15) is 16.8 Å². The summed E-state index contributed by atoms with van der Waals surface area (Å²) >= 11 is 1.59. The van der Waals surface area contributed by atoms with E-state index in [2.05, 4.69) is 59.3 Å². The van der Waals surface area contributed by atoms with Gasteiger partial charge in [-0.1, -0.05) is 35.9 Å². The van der Waals surface area contributed by atoms with Crippen molar-refractivity contribution in [1.29, 1.82) is 0 Å². The van der Waals surface area contributed by atoms with Crippen molar-refractivity contribution in [2.75, 3.05) is 38.3 Å². The van der Waals surface area contributed by atoms with E-state index in [0.717, 1.165) is 48.1 Å². The average molecular weight is 422 g/mol. The van der Waals surface area contributed by atoms with Crippen LogP contribution >= 0.6 is 11.3 Å². The van der Waals surface area contributed by atoms with E-state index in [4.69, 9.17) is 4.74 Å². The molecule has 4 rings (SSSR count). The van der Waals surface area contributed by atoms with Gasteiger partial charge in [0.1, 0.15) is 5.01 Å². The zero-order valence-electron chi connectivity index (χ0n) is 17.5. The Morgan fingerprint density at radius 2 is 1.93 bits per heavy atom. The van der Waals surface area contributed by atoms with E-state index >= 15 is 0 Å². The van der Waals surface area contributed by atoms with Gasteiger partial charge < -0.3 is 14.5 Å². The lowest BCUT2D eigenvalue weighted by Crippen LogP contribution is -2.36. The molecule has 1 amide bonds. The summed E-state index contributed by atoms with van der Waals surface area (Å²) in [6, 6.07) is 16.8. The predicted molar refractivity (Wildman–Crippen MR) is 122 cm³/mol. The molecule has 0 unspecified atom stereocenters. The van der Waals surface area contributed by atoms with Gasteiger partial charge in [0.15, 0.2) is 0 Å². The molecular weight excluding hydrogens is 394 g/mol. The van der Waals surface area contributed by atoms with Crippen molar-refractivity contribution in [3.05, 3.63) is 70.7 Å². The van der Waals surface area contributed by atoms with E-state index in [0.29, 0.717) is 13.0 Å². The molecule has 3 aromatic rings. The summed E-state index contributed by atoms with van der Waals surface area (Å²) in [6.45, 7) is 6.08. The fourth-order valence-electron chi connectivity index (χ4n) is 3.58. The standard InChI is InChI=1S/C24H27N3O2S/c1-18-4-3-5-20(14-18)24-25-21(17-30-24)15-23(28)26(2)16-19-6-8-22(9-7-19)27-10-12-29-13-11-27/h3-9,14,17H,10-13,15-16H2,1-2H3. The van der Waals surface area contributed by atoms with E-state index in [9.17, 15) is 4.79 Å². The van der Waals surface area contributed by atoms with Gasteiger partial charge >= 0.3 is 0 Å². The number of ether oxygens (including phenoxy) is 1. The second-order valence-electron chi connectivity index (χ2n) is 7.71. The normalized spacial score (nSPS) is 14.0. The van der Waals surface area contributed by atoms with Crippen LogP contribution in [0.3, 0.4) is 0 Å². The Balaban J connectivity index is 1.34. The Morgan fingerprint density at radius 1 is 1.17 bits per heavy atom. The Bertz CT molecular complexity index is 994. The minimum atomic E-state index is 0.0772. The molecule has 0 bridgehead atoms. The molecule has 1 saturated heterocycles. The van der Waals surface area contributed by atoms with Crippen molar-refractivity contribution in [3.63, 3.8) is 0 Å². The molecule has 0 radical (unpaired) electrons. The van der Waals surface area contributed by atoms with Gasteiger partial charge in [-0.2, -0.15) is 0 Å². The number of nitrogens with zero attached hydrogens (tertiary/aromatic N) is 3. The Morgan fingerprint density at radius 3 is 2.67 bits per heavy atom. The van der Waals surface area contributed by atoms with Crippen molar-refractivity contribution in [2.24, 2.45) is 0 Å². The number of amides is 1. The van der Waals surface area contributed by atoms with Gasteiger partial charge in [0.2, 0.25) is 5.91 Å². The number of aromatic nitrogens is 1. The van der Waals surface area contributed by atoms with Crippen molar-refractivity contribution >= 4 is 22.9 Å². The second kappa shape index (κ2) is 9.41. The highest BCUT2D eigenvalue weighted by molar-refractivity contribution is 7.13. The smallest absolute Gasteiger partial charge is 0.228 e. The molecular formula is C24H27N3O2S. The third-order valence-corrected chi connectivity index (χ3v) is 6.25. The summed E-state index contributed by atoms with van der Waals surface area (Å²) in [6.07, 6.45) is 0.324. The van der Waals surface area contributed by atoms with E-state index in [1.165, 1.54) is 11.3 Å². The number of hydrogen-bond acceptors (Lipinski definition) is 5. The number of benzene rings is 2. The molecule has 5 nitrogen and oxygen atoms in total. The van der Waals surface area contributed by atoms with Gasteiger partial charge in [-0.3, -0.25) is 4.79 Å². The number of carbonyl (C=O) groups excluding carboxylic acids is 1. The van der Waals surface area contributed by atoms with Crippen molar-refractivity contribution in [2.45, 2.75) is 19.9 Å². The van der Waals surface area contributed by atoms with Crippen LogP contribution in [-0.4, -0.2) is 49.1 Å². The van der Waals surface area contributed by atoms with Crippen LogP contribution in [0.15, 0.2) is 53.9 Å². The molecule has 1 aromatic heterocycles. The number of aryl methyl sites for hydroxylation is 1. The van der Waals surface area contributed by atoms with E-state index in [1.807, 2.05) is 18.5 Å². The van der Waals surface area contributed by atoms with E-state index < -0.39 is 0 Å². The SMILES string of the molecule is Cc1cccc(-c2nc(CC(=O)N(C)Cc3ccc(N4CCOCC4)cc3)cs2)c1. The summed E-state index contributed by atoms with van der Waals surface area (Å²) in [4.78, 5) is 21.5. The zero-order valence-corrected chi connectivity index (χ0v) is 18.3. The van der Waals surface area contributed by atoms with Gasteiger partial charge in [-0.25, -0.2) is 4.98 Å². The van der Waals surface area contributed by atoms with Crippen LogP contribution in [0, 0.1) is 6.92 Å². The minimum Gasteiger partial charge on any atom is -0.378 e. The first-order valence-electron chi connectivity index (χ1n) is 10.3. The maximum Gasteiger partial charge on any atom is 0.228 e. The highest BCUT2D eigenvalue weighted by Crippen LogP contribution is 2.25. The fourth-order valence-corrected chi connectivity index (χ4v) is 4.40. The first kappa shape index (κ1) is 20.6. The van der Waals surface area contributed by atoms with Crippen LogP contribution in [0.2, 0.25) is 0 Å². The molecule has 1 fully saturated rings. The van der Waals surface area contributed by atoms with Crippen LogP contribution in [0.5, 0.6) is 0 Å². The van der Waals surface area contributed by atoms with Crippen LogP contribution in [-0.2, 0) is 22.5 Å². The van der Waals surface area contributed by atoms with Gasteiger partial charge in [0, 0.05) is 43.3 Å². The van der Waals surface area contributed by atoms with Crippen molar-refractivity contribution < 1.29 is 9.53 Å². The predicted octanol–water partition coefficient (Wildman–Crippen LogP) is 4.16. The number of anilines is 1. The van der Waals surface area contributed by atoms with Crippen LogP contribution < -0.4 is 4.90 Å². The second-order valence-corrected chi connectivity index (χ2v) is 8.56. The number of hydrogen-bond donors (Lipinski definition) is 0. The minimum absolute atomic E-state index is 0.0772. The summed E-state index contributed by atoms with van der Waals surface area (Å²) < 4.78 is 5.41. The molecule has 0 atom stereocenters. The maximum absolute atomic E-state index is 12.7. The molecule has 30 heavy (non-hydrogen) atoms. The summed E-state index contributed by atoms with van der Waals surface area (Å²) in [5.41, 5.74) is 5.48. The molecule has 156 valence electrons. The molecule has 1 aliphatic rings. The van der Waals surface area contributed by atoms with Gasteiger partial charge in [0.05, 0.1) is 25.3 Å². The topological polar surface area (TPSA) is 45.7 Å². The first-order chi connectivity index (χ1) is 14.6. The maximum atomic E-state index is 12.7. The van der Waals surface area contributed by atoms with Crippen LogP contribution in [0.4, 0.5) is 5.69 Å². The Hall–Kier alpha value is -2.70. The highest BCUT2D eigenvalue weighted by atomic mass is 32.1. The lowest BCUT2D eigenvalue weighted by Gasteiger charge is -2.29. The van der Waals surface area contributed by atoms with Gasteiger partial charge in [-0.05, 0) is 30.7 Å². The molecule has 1 aliphatic heterocycles. The monoisotopic (exact) mass is 421 g/mol. The molecule has 6 heteroatoms. The van der Waals surface area contributed by atoms with Crippen molar-refractivity contribution in [3.8, 4) is 10.6 Å². The largest absolute Gasteiger partial charge is 0.378 e. The highest BCUT2D eigenvalue weighted by Gasteiger charge is 2.15. The summed E-state index contributed by atoms with van der Waals surface area (Å²) in [7, 11) is 1.85. The Labute approximate surface area is 181 Å². The molecule has 2 heterocycles. The van der Waals surface area contributed by atoms with E-state index in [1.54, 1.807) is 16.2 Å². The summed E-state index contributed by atoms with van der Waals surface area (Å²) in [5.74, 6) is 0.0772. The fraction of sp³-hybridized carbons (Fsp3) is 0.333. The average Bonchev–Trinajstić information content (AvgIpc) is 3.23. The molecule has 0 aliphatic carbocycles. The number of rotatable bonds is 6. The molecule has 0 saturated carbocycles. The van der Waals surface area contributed by atoms with Crippen LogP contribution in [0.25, 0.3) is 10.6 Å². The number of carbonyl (C=O) groups is 1.